The van der Waals surface area contributed by atoms with Crippen LogP contribution in [0, 0.1) is 0 Å². The number of nitrogens with zero attached hydrogens (tertiary/aromatic N) is 1. The summed E-state index contributed by atoms with van der Waals surface area (Å²) in [7, 11) is 2.15. The van der Waals surface area contributed by atoms with Crippen molar-refractivity contribution >= 4 is 33.2 Å². The first-order valence-electron chi connectivity index (χ1n) is 6.82. The van der Waals surface area contributed by atoms with Crippen molar-refractivity contribution in [2.45, 2.75) is 13.0 Å². The van der Waals surface area contributed by atoms with Gasteiger partial charge in [0.15, 0.2) is 0 Å². The fraction of sp³-hybridized carbons (Fsp3) is 0.250. The first-order valence-corrected chi connectivity index (χ1v) is 8.08. The second-order valence-corrected chi connectivity index (χ2v) is 6.41. The number of aryl methyl sites for hydroxylation is 1. The second-order valence-electron chi connectivity index (χ2n) is 5.02. The molecule has 0 atom stereocenters. The Morgan fingerprint density at radius 1 is 1.20 bits per heavy atom. The summed E-state index contributed by atoms with van der Waals surface area (Å²) in [6.45, 7) is 2.13. The molecule has 2 nitrogen and oxygen atoms in total. The SMILES string of the molecule is Cn1c(C[NH2+]CCc2ccc(Cl)cc2)cc2sccc21. The largest absolute Gasteiger partial charge is 0.342 e. The predicted molar refractivity (Wildman–Crippen MR) is 86.4 cm³/mol. The molecule has 0 saturated carbocycles. The Hall–Kier alpha value is -1.29. The van der Waals surface area contributed by atoms with Crippen molar-refractivity contribution in [2.24, 2.45) is 7.05 Å². The van der Waals surface area contributed by atoms with Gasteiger partial charge in [-0.05, 0) is 35.2 Å². The van der Waals surface area contributed by atoms with Crippen LogP contribution in [-0.2, 0) is 20.0 Å². The number of halogens is 1. The second kappa shape index (κ2) is 6.00. The first kappa shape index (κ1) is 13.7. The molecule has 2 heterocycles. The number of fused-ring (bicyclic) bond motifs is 1. The molecule has 3 rings (SSSR count). The number of hydrogen-bond acceptors (Lipinski definition) is 1. The fourth-order valence-electron chi connectivity index (χ4n) is 2.47. The minimum atomic E-state index is 0.807. The lowest BCUT2D eigenvalue weighted by Crippen LogP contribution is -2.83. The first-order chi connectivity index (χ1) is 9.74. The highest BCUT2D eigenvalue weighted by atomic mass is 35.5. The number of rotatable bonds is 5. The maximum absolute atomic E-state index is 5.89. The van der Waals surface area contributed by atoms with E-state index in [0.717, 1.165) is 24.5 Å². The highest BCUT2D eigenvalue weighted by Gasteiger charge is 2.07. The molecule has 0 amide bonds. The van der Waals surface area contributed by atoms with Gasteiger partial charge in [-0.3, -0.25) is 0 Å². The van der Waals surface area contributed by atoms with E-state index < -0.39 is 0 Å². The molecular weight excluding hydrogens is 288 g/mol. The summed E-state index contributed by atoms with van der Waals surface area (Å²) in [4.78, 5) is 0. The van der Waals surface area contributed by atoms with E-state index in [0.29, 0.717) is 0 Å². The lowest BCUT2D eigenvalue weighted by Gasteiger charge is -2.04. The van der Waals surface area contributed by atoms with Crippen LogP contribution in [-0.4, -0.2) is 11.1 Å². The molecule has 0 bridgehead atoms. The summed E-state index contributed by atoms with van der Waals surface area (Å²) in [6, 6.07) is 12.6. The molecule has 0 saturated heterocycles. The van der Waals surface area contributed by atoms with E-state index in [1.165, 1.54) is 21.5 Å². The van der Waals surface area contributed by atoms with E-state index in [2.05, 4.69) is 46.6 Å². The van der Waals surface area contributed by atoms with Crippen molar-refractivity contribution < 1.29 is 5.32 Å². The molecule has 4 heteroatoms. The zero-order valence-electron chi connectivity index (χ0n) is 11.5. The quantitative estimate of drug-likeness (QED) is 0.699. The highest BCUT2D eigenvalue weighted by Crippen LogP contribution is 2.23. The van der Waals surface area contributed by atoms with Crippen LogP contribution in [0.1, 0.15) is 11.3 Å². The van der Waals surface area contributed by atoms with Crippen LogP contribution in [0.5, 0.6) is 0 Å². The standard InChI is InChI=1S/C16H17ClN2S/c1-19-14(10-16-15(19)7-9-20-16)11-18-8-6-12-2-4-13(17)5-3-12/h2-5,7,9-10,18H,6,8,11H2,1H3/p+1. The molecule has 0 spiro atoms. The summed E-state index contributed by atoms with van der Waals surface area (Å²) >= 11 is 7.70. The Morgan fingerprint density at radius 3 is 2.75 bits per heavy atom. The summed E-state index contributed by atoms with van der Waals surface area (Å²) < 4.78 is 3.68. The third-order valence-corrected chi connectivity index (χ3v) is 4.77. The zero-order valence-corrected chi connectivity index (χ0v) is 13.0. The van der Waals surface area contributed by atoms with Gasteiger partial charge in [-0.25, -0.2) is 0 Å². The summed E-state index contributed by atoms with van der Waals surface area (Å²) in [5.41, 5.74) is 4.08. The number of benzene rings is 1. The number of quaternary nitrogens is 1. The molecule has 0 radical (unpaired) electrons. The minimum absolute atomic E-state index is 0.807. The van der Waals surface area contributed by atoms with Crippen LogP contribution in [0.25, 0.3) is 10.2 Å². The van der Waals surface area contributed by atoms with Crippen molar-refractivity contribution in [2.75, 3.05) is 6.54 Å². The normalized spacial score (nSPS) is 11.3. The van der Waals surface area contributed by atoms with Crippen LogP contribution in [0.3, 0.4) is 0 Å². The molecule has 0 aliphatic rings. The van der Waals surface area contributed by atoms with E-state index in [4.69, 9.17) is 11.6 Å². The Labute approximate surface area is 128 Å². The van der Waals surface area contributed by atoms with Gasteiger partial charge in [-0.15, -0.1) is 11.3 Å². The van der Waals surface area contributed by atoms with Gasteiger partial charge in [-0.1, -0.05) is 23.7 Å². The number of aromatic nitrogens is 1. The van der Waals surface area contributed by atoms with Crippen LogP contribution >= 0.6 is 22.9 Å². The average molecular weight is 306 g/mol. The Morgan fingerprint density at radius 2 is 2.00 bits per heavy atom. The third kappa shape index (κ3) is 2.90. The van der Waals surface area contributed by atoms with Crippen LogP contribution in [0.4, 0.5) is 0 Å². The molecule has 3 aromatic rings. The van der Waals surface area contributed by atoms with Gasteiger partial charge >= 0.3 is 0 Å². The molecule has 0 aliphatic heterocycles. The van der Waals surface area contributed by atoms with E-state index in [-0.39, 0.29) is 0 Å². The summed E-state index contributed by atoms with van der Waals surface area (Å²) in [6.07, 6.45) is 1.08. The molecule has 0 unspecified atom stereocenters. The molecule has 2 aromatic heterocycles. The molecule has 0 fully saturated rings. The van der Waals surface area contributed by atoms with Gasteiger partial charge in [0.25, 0.3) is 0 Å². The minimum Gasteiger partial charge on any atom is -0.342 e. The van der Waals surface area contributed by atoms with Gasteiger partial charge in [0.1, 0.15) is 6.54 Å². The van der Waals surface area contributed by atoms with E-state index in [9.17, 15) is 0 Å². The van der Waals surface area contributed by atoms with Gasteiger partial charge in [0, 0.05) is 18.5 Å². The summed E-state index contributed by atoms with van der Waals surface area (Å²) in [5, 5.41) is 5.33. The average Bonchev–Trinajstić information content (AvgIpc) is 3.01. The van der Waals surface area contributed by atoms with Crippen molar-refractivity contribution in [1.29, 1.82) is 0 Å². The maximum Gasteiger partial charge on any atom is 0.117 e. The molecule has 20 heavy (non-hydrogen) atoms. The lowest BCUT2D eigenvalue weighted by molar-refractivity contribution is -0.670. The molecular formula is C16H18ClN2S+. The number of thiophene rings is 1. The van der Waals surface area contributed by atoms with Crippen molar-refractivity contribution in [1.82, 2.24) is 4.57 Å². The monoisotopic (exact) mass is 305 g/mol. The van der Waals surface area contributed by atoms with E-state index >= 15 is 0 Å². The van der Waals surface area contributed by atoms with Gasteiger partial charge in [-0.2, -0.15) is 0 Å². The molecule has 1 aromatic carbocycles. The van der Waals surface area contributed by atoms with Crippen molar-refractivity contribution in [3.63, 3.8) is 0 Å². The van der Waals surface area contributed by atoms with E-state index in [1.807, 2.05) is 23.5 Å². The Kier molecular flexibility index (Phi) is 4.10. The zero-order chi connectivity index (χ0) is 13.9. The fourth-order valence-corrected chi connectivity index (χ4v) is 3.47. The summed E-state index contributed by atoms with van der Waals surface area (Å²) in [5.74, 6) is 0. The van der Waals surface area contributed by atoms with Gasteiger partial charge in [0.05, 0.1) is 22.5 Å². The molecule has 2 N–H and O–H groups in total. The van der Waals surface area contributed by atoms with Gasteiger partial charge in [0.2, 0.25) is 0 Å². The Balaban J connectivity index is 1.53. The van der Waals surface area contributed by atoms with Crippen molar-refractivity contribution in [3.8, 4) is 0 Å². The maximum atomic E-state index is 5.89. The van der Waals surface area contributed by atoms with Gasteiger partial charge < -0.3 is 9.88 Å². The number of nitrogens with two attached hydrogens (primary N) is 1. The predicted octanol–water partition coefficient (Wildman–Crippen LogP) is 3.20. The highest BCUT2D eigenvalue weighted by molar-refractivity contribution is 7.17. The Bertz CT molecular complexity index is 697. The topological polar surface area (TPSA) is 21.5 Å². The van der Waals surface area contributed by atoms with Crippen LogP contribution in [0.2, 0.25) is 5.02 Å². The smallest absolute Gasteiger partial charge is 0.117 e. The third-order valence-electron chi connectivity index (χ3n) is 3.67. The van der Waals surface area contributed by atoms with Crippen molar-refractivity contribution in [3.05, 3.63) is 58.1 Å². The van der Waals surface area contributed by atoms with E-state index in [1.54, 1.807) is 0 Å². The molecule has 0 aliphatic carbocycles. The lowest BCUT2D eigenvalue weighted by atomic mass is 10.1. The number of hydrogen-bond donors (Lipinski definition) is 1. The molecule has 104 valence electrons. The van der Waals surface area contributed by atoms with Crippen LogP contribution in [0.15, 0.2) is 41.8 Å². The van der Waals surface area contributed by atoms with Crippen LogP contribution < -0.4 is 5.32 Å².